The van der Waals surface area contributed by atoms with E-state index in [1.54, 1.807) is 0 Å². The van der Waals surface area contributed by atoms with Crippen LogP contribution in [0.5, 0.6) is 0 Å². The van der Waals surface area contributed by atoms with Crippen LogP contribution in [-0.4, -0.2) is 57.3 Å². The van der Waals surface area contributed by atoms with Gasteiger partial charge in [0.2, 0.25) is 5.95 Å². The van der Waals surface area contributed by atoms with Gasteiger partial charge in [-0.3, -0.25) is 4.79 Å². The zero-order chi connectivity index (χ0) is 36.4. The van der Waals surface area contributed by atoms with Gasteiger partial charge in [-0.05, 0) is 104 Å². The largest absolute Gasteiger partial charge is 0.481 e. The number of hydrogen-bond donors (Lipinski definition) is 3. The number of hydrogen-bond acceptors (Lipinski definition) is 7. The van der Waals surface area contributed by atoms with E-state index in [1.165, 1.54) is 5.57 Å². The molecule has 5 fully saturated rings. The highest BCUT2D eigenvalue weighted by Crippen LogP contribution is 2.75. The first-order chi connectivity index (χ1) is 23.3. The lowest BCUT2D eigenvalue weighted by Gasteiger charge is -2.71. The topological polar surface area (TPSA) is 139 Å². The third-order valence-electron chi connectivity index (χ3n) is 16.9. The van der Waals surface area contributed by atoms with E-state index in [-0.39, 0.29) is 45.1 Å². The van der Waals surface area contributed by atoms with Crippen LogP contribution in [0.1, 0.15) is 138 Å². The number of nitrogens with two attached hydrogens (primary N) is 2. The SMILES string of the molecule is CC(C)[C@@H](C)[C@@]1(C)CC[C@]2(C)[C@H]3CC[C@@H]4C5(COC[C@]4(C)[C@@H](OC[C@](C)(N)C(C)C)[C@H](n4nc(N)nc4C4CC4)C5)C3=CC[C@@]2(C)[C@@H]1C(=O)O. The fraction of sp³-hybridized carbons (Fsp3) is 0.878. The number of aliphatic carboxylic acids is 1. The van der Waals surface area contributed by atoms with Crippen molar-refractivity contribution in [1.82, 2.24) is 14.8 Å². The van der Waals surface area contributed by atoms with Crippen molar-refractivity contribution in [2.24, 2.45) is 68.3 Å². The van der Waals surface area contributed by atoms with Gasteiger partial charge in [-0.25, -0.2) is 4.68 Å². The summed E-state index contributed by atoms with van der Waals surface area (Å²) >= 11 is 0. The third kappa shape index (κ3) is 4.97. The Morgan fingerprint density at radius 3 is 2.40 bits per heavy atom. The van der Waals surface area contributed by atoms with Crippen molar-refractivity contribution in [2.45, 2.75) is 144 Å². The summed E-state index contributed by atoms with van der Waals surface area (Å²) in [5.41, 5.74) is 13.1. The number of carbonyl (C=O) groups is 1. The Balaban J connectivity index is 1.34. The van der Waals surface area contributed by atoms with Gasteiger partial charge in [-0.2, -0.15) is 4.98 Å². The lowest BCUT2D eigenvalue weighted by atomic mass is 9.34. The van der Waals surface area contributed by atoms with Crippen LogP contribution < -0.4 is 11.5 Å². The molecular weight excluding hydrogens is 626 g/mol. The molecule has 0 spiro atoms. The minimum Gasteiger partial charge on any atom is -0.481 e. The molecule has 7 rings (SSSR count). The van der Waals surface area contributed by atoms with Crippen molar-refractivity contribution in [3.63, 3.8) is 0 Å². The fourth-order valence-corrected chi connectivity index (χ4v) is 12.8. The highest BCUT2D eigenvalue weighted by molar-refractivity contribution is 5.73. The molecule has 1 aliphatic heterocycles. The van der Waals surface area contributed by atoms with Gasteiger partial charge in [0.25, 0.3) is 0 Å². The summed E-state index contributed by atoms with van der Waals surface area (Å²) in [5, 5.41) is 16.0. The van der Waals surface area contributed by atoms with E-state index in [0.29, 0.717) is 55.4 Å². The molecule has 50 heavy (non-hydrogen) atoms. The summed E-state index contributed by atoms with van der Waals surface area (Å²) in [6.45, 7) is 24.5. The molecule has 0 aromatic carbocycles. The van der Waals surface area contributed by atoms with E-state index >= 15 is 0 Å². The summed E-state index contributed by atoms with van der Waals surface area (Å²) in [4.78, 5) is 18.3. The van der Waals surface area contributed by atoms with E-state index in [2.05, 4.69) is 80.0 Å². The lowest BCUT2D eigenvalue weighted by molar-refractivity contribution is -0.252. The van der Waals surface area contributed by atoms with Gasteiger partial charge < -0.3 is 26.0 Å². The zero-order valence-corrected chi connectivity index (χ0v) is 32.7. The summed E-state index contributed by atoms with van der Waals surface area (Å²) < 4.78 is 16.1. The van der Waals surface area contributed by atoms with Gasteiger partial charge in [0.05, 0.1) is 37.9 Å². The molecule has 12 atom stereocenters. The third-order valence-corrected chi connectivity index (χ3v) is 16.9. The second-order valence-corrected chi connectivity index (χ2v) is 20.1. The quantitative estimate of drug-likeness (QED) is 0.225. The number of anilines is 1. The minimum atomic E-state index is -0.618. The average molecular weight is 694 g/mol. The van der Waals surface area contributed by atoms with Crippen LogP contribution in [0.15, 0.2) is 11.6 Å². The van der Waals surface area contributed by atoms with E-state index < -0.39 is 17.4 Å². The van der Waals surface area contributed by atoms with Gasteiger partial charge in [-0.1, -0.05) is 74.0 Å². The standard InChI is InChI=1S/C41H67N5O4/c1-23(2)25(5)36(6)17-18-38(8)27-13-14-30-37(7)20-49-22-41(30,28(27)15-16-39(38,9)31(36)34(47)48)19-29(32(37)50-21-40(10,43)24(3)4)46-33(26-11-12-26)44-35(42)45-46/h15,23-27,29-32H,11-14,16-22,43H2,1-10H3,(H2,42,45)(H,47,48)/t25-,27+,29-,30+,31-,32+,36-,37+,38-,39+,40+,41?/m1/s1. The number of carboxylic acids is 1. The summed E-state index contributed by atoms with van der Waals surface area (Å²) in [7, 11) is 0. The first-order valence-corrected chi connectivity index (χ1v) is 19.9. The van der Waals surface area contributed by atoms with Gasteiger partial charge in [0.1, 0.15) is 5.82 Å². The summed E-state index contributed by atoms with van der Waals surface area (Å²) in [6, 6.07) is -0.0578. The Bertz CT molecular complexity index is 1530. The van der Waals surface area contributed by atoms with Crippen LogP contribution in [0.25, 0.3) is 0 Å². The lowest BCUT2D eigenvalue weighted by Crippen LogP contribution is -2.69. The van der Waals surface area contributed by atoms with Crippen LogP contribution in [-0.2, 0) is 14.3 Å². The number of aromatic nitrogens is 3. The van der Waals surface area contributed by atoms with Crippen LogP contribution in [0.2, 0.25) is 0 Å². The number of allylic oxidation sites excluding steroid dienone is 1. The Morgan fingerprint density at radius 2 is 1.78 bits per heavy atom. The maximum atomic E-state index is 13.5. The minimum absolute atomic E-state index is 0.0578. The maximum absolute atomic E-state index is 13.5. The molecule has 5 N–H and O–H groups in total. The van der Waals surface area contributed by atoms with Crippen molar-refractivity contribution < 1.29 is 19.4 Å². The van der Waals surface area contributed by atoms with E-state index in [0.717, 1.165) is 57.2 Å². The molecule has 1 aromatic heterocycles. The Labute approximate surface area is 301 Å². The molecule has 280 valence electrons. The van der Waals surface area contributed by atoms with Crippen LogP contribution in [0, 0.1) is 62.6 Å². The Kier molecular flexibility index (Phi) is 8.56. The molecule has 1 saturated heterocycles. The second kappa shape index (κ2) is 11.8. The summed E-state index contributed by atoms with van der Waals surface area (Å²) in [6.07, 6.45) is 10.4. The number of rotatable bonds is 9. The first-order valence-electron chi connectivity index (χ1n) is 19.9. The van der Waals surface area contributed by atoms with Crippen LogP contribution in [0.4, 0.5) is 5.95 Å². The predicted molar refractivity (Wildman–Crippen MR) is 196 cm³/mol. The Morgan fingerprint density at radius 1 is 1.08 bits per heavy atom. The zero-order valence-electron chi connectivity index (χ0n) is 32.7. The average Bonchev–Trinajstić information content (AvgIpc) is 3.80. The fourth-order valence-electron chi connectivity index (χ4n) is 12.8. The molecule has 1 unspecified atom stereocenters. The molecule has 9 nitrogen and oxygen atoms in total. The molecule has 4 saturated carbocycles. The monoisotopic (exact) mass is 694 g/mol. The molecule has 1 aromatic rings. The number of nitrogen functional groups attached to an aromatic ring is 1. The first kappa shape index (κ1) is 36.4. The van der Waals surface area contributed by atoms with Gasteiger partial charge >= 0.3 is 5.97 Å². The number of fused-ring (bicyclic) bond motifs is 3. The van der Waals surface area contributed by atoms with Crippen LogP contribution in [0.3, 0.4) is 0 Å². The Hall–Kier alpha value is -1.97. The number of nitrogens with zero attached hydrogens (tertiary/aromatic N) is 3. The van der Waals surface area contributed by atoms with Crippen molar-refractivity contribution in [3.05, 3.63) is 17.5 Å². The maximum Gasteiger partial charge on any atom is 0.307 e. The smallest absolute Gasteiger partial charge is 0.307 e. The molecule has 5 aliphatic carbocycles. The molecule has 0 amide bonds. The van der Waals surface area contributed by atoms with Crippen molar-refractivity contribution in [1.29, 1.82) is 0 Å². The highest BCUT2D eigenvalue weighted by atomic mass is 16.5. The molecule has 2 bridgehead atoms. The highest BCUT2D eigenvalue weighted by Gasteiger charge is 2.72. The summed E-state index contributed by atoms with van der Waals surface area (Å²) in [5.74, 6) is 2.38. The molecule has 9 heteroatoms. The molecular formula is C41H67N5O4. The second-order valence-electron chi connectivity index (χ2n) is 20.1. The van der Waals surface area contributed by atoms with Gasteiger partial charge in [-0.15, -0.1) is 5.10 Å². The molecule has 6 aliphatic rings. The normalized spacial score (nSPS) is 44.5. The van der Waals surface area contributed by atoms with Gasteiger partial charge in [0, 0.05) is 22.3 Å². The van der Waals surface area contributed by atoms with Crippen molar-refractivity contribution in [3.8, 4) is 0 Å². The van der Waals surface area contributed by atoms with E-state index in [1.807, 2.05) is 0 Å². The van der Waals surface area contributed by atoms with Crippen molar-refractivity contribution in [2.75, 3.05) is 25.6 Å². The molecule has 2 heterocycles. The predicted octanol–water partition coefficient (Wildman–Crippen LogP) is 7.63. The number of carboxylic acid groups (broad SMARTS) is 1. The van der Waals surface area contributed by atoms with E-state index in [4.69, 9.17) is 31.0 Å². The van der Waals surface area contributed by atoms with Crippen LogP contribution >= 0.6 is 0 Å². The number of ether oxygens (including phenoxy) is 2. The van der Waals surface area contributed by atoms with E-state index in [9.17, 15) is 9.90 Å². The molecule has 0 radical (unpaired) electrons. The van der Waals surface area contributed by atoms with Gasteiger partial charge in [0.15, 0.2) is 0 Å². The van der Waals surface area contributed by atoms with Crippen molar-refractivity contribution >= 4 is 11.9 Å².